The SMILES string of the molecule is N#Cc1ccnc(N2CCC(Nc3ccnc(N4CCOCC4)n3)CC2)c1. The zero-order valence-electron chi connectivity index (χ0n) is 15.2. The number of piperidine rings is 1. The first-order valence-corrected chi connectivity index (χ1v) is 9.35. The molecule has 0 radical (unpaired) electrons. The fourth-order valence-electron chi connectivity index (χ4n) is 3.47. The molecule has 2 aliphatic heterocycles. The Balaban J connectivity index is 1.34. The number of ether oxygens (including phenoxy) is 1. The van der Waals surface area contributed by atoms with Gasteiger partial charge in [0.05, 0.1) is 24.8 Å². The van der Waals surface area contributed by atoms with Gasteiger partial charge in [0.15, 0.2) is 0 Å². The van der Waals surface area contributed by atoms with Gasteiger partial charge in [-0.05, 0) is 31.0 Å². The van der Waals surface area contributed by atoms with Crippen LogP contribution >= 0.6 is 0 Å². The van der Waals surface area contributed by atoms with E-state index in [1.54, 1.807) is 12.3 Å². The lowest BCUT2D eigenvalue weighted by Crippen LogP contribution is -2.40. The summed E-state index contributed by atoms with van der Waals surface area (Å²) in [6.07, 6.45) is 5.50. The second-order valence-electron chi connectivity index (χ2n) is 6.76. The summed E-state index contributed by atoms with van der Waals surface area (Å²) in [6, 6.07) is 8.06. The van der Waals surface area contributed by atoms with Gasteiger partial charge in [-0.1, -0.05) is 0 Å². The lowest BCUT2D eigenvalue weighted by molar-refractivity contribution is 0.122. The van der Waals surface area contributed by atoms with Crippen molar-refractivity contribution in [2.45, 2.75) is 18.9 Å². The number of nitriles is 1. The molecule has 0 amide bonds. The fourth-order valence-corrected chi connectivity index (χ4v) is 3.47. The van der Waals surface area contributed by atoms with Gasteiger partial charge in [0.2, 0.25) is 5.95 Å². The first-order chi connectivity index (χ1) is 13.3. The molecule has 2 saturated heterocycles. The summed E-state index contributed by atoms with van der Waals surface area (Å²) in [5.74, 6) is 2.51. The molecule has 2 aliphatic rings. The Hall–Kier alpha value is -2.92. The minimum absolute atomic E-state index is 0.368. The van der Waals surface area contributed by atoms with E-state index in [1.807, 2.05) is 18.3 Å². The Bertz CT molecular complexity index is 808. The molecule has 140 valence electrons. The fraction of sp³-hybridized carbons (Fsp3) is 0.474. The zero-order valence-corrected chi connectivity index (χ0v) is 15.2. The highest BCUT2D eigenvalue weighted by atomic mass is 16.5. The summed E-state index contributed by atoms with van der Waals surface area (Å²) in [4.78, 5) is 17.9. The van der Waals surface area contributed by atoms with Crippen molar-refractivity contribution in [3.05, 3.63) is 36.2 Å². The molecule has 0 aliphatic carbocycles. The molecular formula is C19H23N7O. The lowest BCUT2D eigenvalue weighted by atomic mass is 10.0. The van der Waals surface area contributed by atoms with Crippen molar-refractivity contribution in [1.82, 2.24) is 15.0 Å². The Morgan fingerprint density at radius 2 is 1.81 bits per heavy atom. The molecule has 0 saturated carbocycles. The van der Waals surface area contributed by atoms with E-state index in [9.17, 15) is 0 Å². The van der Waals surface area contributed by atoms with Crippen LogP contribution in [-0.4, -0.2) is 60.4 Å². The predicted molar refractivity (Wildman–Crippen MR) is 103 cm³/mol. The maximum Gasteiger partial charge on any atom is 0.227 e. The van der Waals surface area contributed by atoms with Crippen LogP contribution in [-0.2, 0) is 4.74 Å². The Labute approximate surface area is 158 Å². The monoisotopic (exact) mass is 365 g/mol. The number of morpholine rings is 1. The third kappa shape index (κ3) is 4.26. The van der Waals surface area contributed by atoms with Crippen LogP contribution in [0.25, 0.3) is 0 Å². The zero-order chi connectivity index (χ0) is 18.5. The molecule has 4 rings (SSSR count). The van der Waals surface area contributed by atoms with Crippen molar-refractivity contribution in [3.63, 3.8) is 0 Å². The largest absolute Gasteiger partial charge is 0.378 e. The Morgan fingerprint density at radius 1 is 1.04 bits per heavy atom. The Kier molecular flexibility index (Phi) is 5.30. The molecule has 2 aromatic rings. The maximum absolute atomic E-state index is 9.05. The van der Waals surface area contributed by atoms with E-state index in [1.165, 1.54) is 0 Å². The number of anilines is 3. The standard InChI is InChI=1S/C19H23N7O/c20-14-15-1-5-21-18(13-15)25-7-3-16(4-8-25)23-17-2-6-22-19(24-17)26-9-11-27-12-10-26/h1-2,5-6,13,16H,3-4,7-12H2,(H,22,23,24). The number of aromatic nitrogens is 3. The first-order valence-electron chi connectivity index (χ1n) is 9.35. The Morgan fingerprint density at radius 3 is 2.59 bits per heavy atom. The molecule has 1 N–H and O–H groups in total. The molecule has 0 bridgehead atoms. The van der Waals surface area contributed by atoms with Crippen molar-refractivity contribution in [1.29, 1.82) is 5.26 Å². The summed E-state index contributed by atoms with van der Waals surface area (Å²) in [5.41, 5.74) is 0.650. The second kappa shape index (κ2) is 8.18. The van der Waals surface area contributed by atoms with Crippen molar-refractivity contribution >= 4 is 17.6 Å². The summed E-state index contributed by atoms with van der Waals surface area (Å²) in [5, 5.41) is 12.6. The van der Waals surface area contributed by atoms with E-state index in [2.05, 4.69) is 36.1 Å². The van der Waals surface area contributed by atoms with Crippen LogP contribution in [0.3, 0.4) is 0 Å². The number of hydrogen-bond donors (Lipinski definition) is 1. The van der Waals surface area contributed by atoms with Crippen LogP contribution in [0.4, 0.5) is 17.6 Å². The average molecular weight is 365 g/mol. The van der Waals surface area contributed by atoms with Crippen LogP contribution in [0.2, 0.25) is 0 Å². The van der Waals surface area contributed by atoms with E-state index in [-0.39, 0.29) is 0 Å². The summed E-state index contributed by atoms with van der Waals surface area (Å²) < 4.78 is 5.39. The van der Waals surface area contributed by atoms with Crippen LogP contribution < -0.4 is 15.1 Å². The molecule has 8 heteroatoms. The number of nitrogens with zero attached hydrogens (tertiary/aromatic N) is 6. The van der Waals surface area contributed by atoms with E-state index >= 15 is 0 Å². The smallest absolute Gasteiger partial charge is 0.227 e. The summed E-state index contributed by atoms with van der Waals surface area (Å²) in [6.45, 7) is 4.91. The second-order valence-corrected chi connectivity index (χ2v) is 6.76. The van der Waals surface area contributed by atoms with Crippen molar-refractivity contribution < 1.29 is 4.74 Å². The van der Waals surface area contributed by atoms with Gasteiger partial charge >= 0.3 is 0 Å². The normalized spacial score (nSPS) is 18.2. The molecule has 4 heterocycles. The number of hydrogen-bond acceptors (Lipinski definition) is 8. The highest BCUT2D eigenvalue weighted by molar-refractivity contribution is 5.46. The van der Waals surface area contributed by atoms with Crippen LogP contribution in [0, 0.1) is 11.3 Å². The van der Waals surface area contributed by atoms with Crippen molar-refractivity contribution in [3.8, 4) is 6.07 Å². The van der Waals surface area contributed by atoms with Gasteiger partial charge in [-0.3, -0.25) is 0 Å². The topological polar surface area (TPSA) is 90.2 Å². The third-order valence-electron chi connectivity index (χ3n) is 4.98. The maximum atomic E-state index is 9.05. The van der Waals surface area contributed by atoms with Gasteiger partial charge in [-0.25, -0.2) is 9.97 Å². The quantitative estimate of drug-likeness (QED) is 0.875. The highest BCUT2D eigenvalue weighted by Crippen LogP contribution is 2.21. The van der Waals surface area contributed by atoms with Gasteiger partial charge in [0.1, 0.15) is 11.6 Å². The molecule has 0 spiro atoms. The van der Waals surface area contributed by atoms with Gasteiger partial charge < -0.3 is 19.9 Å². The van der Waals surface area contributed by atoms with Gasteiger partial charge in [0.25, 0.3) is 0 Å². The molecular weight excluding hydrogens is 342 g/mol. The molecule has 8 nitrogen and oxygen atoms in total. The van der Waals surface area contributed by atoms with Crippen molar-refractivity contribution in [2.75, 3.05) is 54.5 Å². The van der Waals surface area contributed by atoms with Crippen LogP contribution in [0.1, 0.15) is 18.4 Å². The molecule has 2 aromatic heterocycles. The molecule has 0 atom stereocenters. The van der Waals surface area contributed by atoms with Crippen LogP contribution in [0.5, 0.6) is 0 Å². The lowest BCUT2D eigenvalue weighted by Gasteiger charge is -2.33. The van der Waals surface area contributed by atoms with Crippen LogP contribution in [0.15, 0.2) is 30.6 Å². The van der Waals surface area contributed by atoms with E-state index in [4.69, 9.17) is 10.00 Å². The van der Waals surface area contributed by atoms with Gasteiger partial charge in [-0.15, -0.1) is 0 Å². The molecule has 2 fully saturated rings. The number of nitrogens with one attached hydrogen (secondary N) is 1. The average Bonchev–Trinajstić information content (AvgIpc) is 2.75. The van der Waals surface area contributed by atoms with Gasteiger partial charge in [-0.2, -0.15) is 10.2 Å². The first kappa shape index (κ1) is 17.5. The minimum Gasteiger partial charge on any atom is -0.378 e. The minimum atomic E-state index is 0.368. The molecule has 0 unspecified atom stereocenters. The highest BCUT2D eigenvalue weighted by Gasteiger charge is 2.21. The predicted octanol–water partition coefficient (Wildman–Crippen LogP) is 1.66. The van der Waals surface area contributed by atoms with E-state index in [0.717, 1.165) is 69.8 Å². The summed E-state index contributed by atoms with van der Waals surface area (Å²) >= 11 is 0. The third-order valence-corrected chi connectivity index (χ3v) is 4.98. The van der Waals surface area contributed by atoms with E-state index < -0.39 is 0 Å². The van der Waals surface area contributed by atoms with E-state index in [0.29, 0.717) is 11.6 Å². The number of rotatable bonds is 4. The van der Waals surface area contributed by atoms with Crippen molar-refractivity contribution in [2.24, 2.45) is 0 Å². The molecule has 0 aromatic carbocycles. The number of pyridine rings is 1. The van der Waals surface area contributed by atoms with Gasteiger partial charge in [0, 0.05) is 44.6 Å². The summed E-state index contributed by atoms with van der Waals surface area (Å²) in [7, 11) is 0. The molecule has 27 heavy (non-hydrogen) atoms.